The van der Waals surface area contributed by atoms with Crippen LogP contribution in [0.5, 0.6) is 0 Å². The van der Waals surface area contributed by atoms with Gasteiger partial charge < -0.3 is 4.98 Å². The van der Waals surface area contributed by atoms with E-state index in [0.29, 0.717) is 16.2 Å². The minimum atomic E-state index is -0.108. The summed E-state index contributed by atoms with van der Waals surface area (Å²) in [5.74, 6) is 0.504. The SMILES string of the molecule is O=c1[nH]c2c(cc1-c1nc(=S)[nH][nH]1)CCCC2. The van der Waals surface area contributed by atoms with Crippen LogP contribution in [0.25, 0.3) is 11.4 Å². The number of nitrogens with one attached hydrogen (secondary N) is 3. The average Bonchev–Trinajstić information content (AvgIpc) is 2.75. The van der Waals surface area contributed by atoms with Crippen molar-refractivity contribution < 1.29 is 0 Å². The van der Waals surface area contributed by atoms with Gasteiger partial charge in [-0.25, -0.2) is 0 Å². The van der Waals surface area contributed by atoms with Gasteiger partial charge in [0.05, 0.1) is 5.56 Å². The van der Waals surface area contributed by atoms with Crippen molar-refractivity contribution in [2.45, 2.75) is 25.7 Å². The van der Waals surface area contributed by atoms with Crippen molar-refractivity contribution in [3.8, 4) is 11.4 Å². The predicted octanol–water partition coefficient (Wildman–Crippen LogP) is 1.70. The van der Waals surface area contributed by atoms with Crippen molar-refractivity contribution in [1.29, 1.82) is 0 Å². The third kappa shape index (κ3) is 1.84. The molecule has 3 rings (SSSR count). The highest BCUT2D eigenvalue weighted by atomic mass is 32.1. The molecule has 0 bridgehead atoms. The lowest BCUT2D eigenvalue weighted by Crippen LogP contribution is -2.17. The van der Waals surface area contributed by atoms with E-state index in [9.17, 15) is 4.79 Å². The number of pyridine rings is 1. The van der Waals surface area contributed by atoms with Gasteiger partial charge in [0.1, 0.15) is 0 Å². The molecule has 6 heteroatoms. The molecule has 0 atom stereocenters. The monoisotopic (exact) mass is 248 g/mol. The minimum absolute atomic E-state index is 0.108. The van der Waals surface area contributed by atoms with Crippen molar-refractivity contribution in [3.05, 3.63) is 32.4 Å². The van der Waals surface area contributed by atoms with E-state index in [2.05, 4.69) is 20.2 Å². The molecule has 0 spiro atoms. The van der Waals surface area contributed by atoms with Crippen LogP contribution in [0.3, 0.4) is 0 Å². The van der Waals surface area contributed by atoms with E-state index in [1.165, 1.54) is 12.0 Å². The fourth-order valence-corrected chi connectivity index (χ4v) is 2.39. The van der Waals surface area contributed by atoms with Crippen molar-refractivity contribution in [2.75, 3.05) is 0 Å². The van der Waals surface area contributed by atoms with Gasteiger partial charge in [-0.3, -0.25) is 15.0 Å². The van der Waals surface area contributed by atoms with Gasteiger partial charge in [-0.2, -0.15) is 4.98 Å². The highest BCUT2D eigenvalue weighted by Crippen LogP contribution is 2.21. The number of nitrogens with zero attached hydrogens (tertiary/aromatic N) is 1. The van der Waals surface area contributed by atoms with Gasteiger partial charge in [-0.15, -0.1) is 0 Å². The standard InChI is InChI=1S/C11H12N4OS/c16-10-7(9-13-11(17)15-14-9)5-6-3-1-2-4-8(6)12-10/h5H,1-4H2,(H,12,16)(H2,13,14,15,17). The van der Waals surface area contributed by atoms with E-state index in [0.717, 1.165) is 25.0 Å². The van der Waals surface area contributed by atoms with Crippen molar-refractivity contribution in [3.63, 3.8) is 0 Å². The summed E-state index contributed by atoms with van der Waals surface area (Å²) in [6.07, 6.45) is 4.30. The Morgan fingerprint density at radius 2 is 2.06 bits per heavy atom. The van der Waals surface area contributed by atoms with Crippen LogP contribution in [0, 0.1) is 4.77 Å². The van der Waals surface area contributed by atoms with Crippen molar-refractivity contribution in [2.24, 2.45) is 0 Å². The molecule has 3 N–H and O–H groups in total. The number of H-pyrrole nitrogens is 3. The van der Waals surface area contributed by atoms with E-state index in [1.54, 1.807) is 0 Å². The second kappa shape index (κ2) is 3.96. The summed E-state index contributed by atoms with van der Waals surface area (Å²) < 4.78 is 0.358. The van der Waals surface area contributed by atoms with Crippen molar-refractivity contribution in [1.82, 2.24) is 20.2 Å². The first kappa shape index (κ1) is 10.5. The van der Waals surface area contributed by atoms with E-state index in [4.69, 9.17) is 12.2 Å². The summed E-state index contributed by atoms with van der Waals surface area (Å²) in [5.41, 5.74) is 2.73. The summed E-state index contributed by atoms with van der Waals surface area (Å²) in [4.78, 5) is 19.0. The topological polar surface area (TPSA) is 77.3 Å². The fraction of sp³-hybridized carbons (Fsp3) is 0.364. The Hall–Kier alpha value is -1.69. The Balaban J connectivity index is 2.17. The number of aromatic nitrogens is 4. The molecule has 0 amide bonds. The summed E-state index contributed by atoms with van der Waals surface area (Å²) in [5, 5.41) is 5.51. The Morgan fingerprint density at radius 3 is 2.82 bits per heavy atom. The lowest BCUT2D eigenvalue weighted by atomic mass is 9.95. The molecule has 2 aromatic rings. The second-order valence-corrected chi connectivity index (χ2v) is 4.63. The smallest absolute Gasteiger partial charge is 0.259 e. The molecule has 0 aliphatic heterocycles. The first-order valence-electron chi connectivity index (χ1n) is 5.64. The normalized spacial score (nSPS) is 14.6. The number of aromatic amines is 3. The van der Waals surface area contributed by atoms with E-state index >= 15 is 0 Å². The molecule has 17 heavy (non-hydrogen) atoms. The molecule has 2 aromatic heterocycles. The van der Waals surface area contributed by atoms with Crippen LogP contribution < -0.4 is 5.56 Å². The van der Waals surface area contributed by atoms with Crippen LogP contribution in [-0.4, -0.2) is 20.2 Å². The predicted molar refractivity (Wildman–Crippen MR) is 66.5 cm³/mol. The highest BCUT2D eigenvalue weighted by molar-refractivity contribution is 7.71. The molecule has 0 fully saturated rings. The third-order valence-electron chi connectivity index (χ3n) is 3.09. The van der Waals surface area contributed by atoms with Crippen LogP contribution in [0.2, 0.25) is 0 Å². The maximum atomic E-state index is 11.9. The zero-order valence-electron chi connectivity index (χ0n) is 9.17. The van der Waals surface area contributed by atoms with Gasteiger partial charge in [0.25, 0.3) is 5.56 Å². The number of aryl methyl sites for hydroxylation is 2. The summed E-state index contributed by atoms with van der Waals surface area (Å²) >= 11 is 4.89. The molecule has 0 aromatic carbocycles. The number of rotatable bonds is 1. The van der Waals surface area contributed by atoms with Crippen LogP contribution in [0.15, 0.2) is 10.9 Å². The minimum Gasteiger partial charge on any atom is -0.325 e. The Bertz CT molecular complexity index is 667. The average molecular weight is 248 g/mol. The number of hydrogen-bond donors (Lipinski definition) is 3. The van der Waals surface area contributed by atoms with E-state index < -0.39 is 0 Å². The first-order chi connectivity index (χ1) is 8.24. The number of fused-ring (bicyclic) bond motifs is 1. The molecule has 0 unspecified atom stereocenters. The van der Waals surface area contributed by atoms with Gasteiger partial charge >= 0.3 is 0 Å². The quantitative estimate of drug-likeness (QED) is 0.672. The molecule has 1 aliphatic rings. The van der Waals surface area contributed by atoms with Crippen LogP contribution in [-0.2, 0) is 12.8 Å². The Labute approximate surface area is 102 Å². The van der Waals surface area contributed by atoms with Gasteiger partial charge in [-0.1, -0.05) is 0 Å². The van der Waals surface area contributed by atoms with Crippen LogP contribution >= 0.6 is 12.2 Å². The summed E-state index contributed by atoms with van der Waals surface area (Å²) in [6.45, 7) is 0. The Morgan fingerprint density at radius 1 is 1.24 bits per heavy atom. The zero-order valence-corrected chi connectivity index (χ0v) is 9.99. The molecule has 0 saturated heterocycles. The van der Waals surface area contributed by atoms with Gasteiger partial charge in [0.2, 0.25) is 4.77 Å². The molecular weight excluding hydrogens is 236 g/mol. The van der Waals surface area contributed by atoms with Gasteiger partial charge in [0, 0.05) is 5.69 Å². The molecule has 2 heterocycles. The summed E-state index contributed by atoms with van der Waals surface area (Å²) in [6, 6.07) is 1.93. The van der Waals surface area contributed by atoms with E-state index in [-0.39, 0.29) is 5.56 Å². The molecule has 0 saturated carbocycles. The molecule has 88 valence electrons. The molecule has 0 radical (unpaired) electrons. The maximum Gasteiger partial charge on any atom is 0.259 e. The fourth-order valence-electron chi connectivity index (χ4n) is 2.25. The van der Waals surface area contributed by atoms with Gasteiger partial charge in [-0.05, 0) is 49.5 Å². The van der Waals surface area contributed by atoms with Crippen molar-refractivity contribution >= 4 is 12.2 Å². The molecule has 1 aliphatic carbocycles. The third-order valence-corrected chi connectivity index (χ3v) is 3.29. The molecule has 5 nitrogen and oxygen atoms in total. The summed E-state index contributed by atoms with van der Waals surface area (Å²) in [7, 11) is 0. The lowest BCUT2D eigenvalue weighted by Gasteiger charge is -2.15. The Kier molecular flexibility index (Phi) is 2.44. The van der Waals surface area contributed by atoms with Crippen LogP contribution in [0.4, 0.5) is 0 Å². The zero-order chi connectivity index (χ0) is 11.8. The van der Waals surface area contributed by atoms with Gasteiger partial charge in [0.15, 0.2) is 5.82 Å². The second-order valence-electron chi connectivity index (χ2n) is 4.24. The first-order valence-corrected chi connectivity index (χ1v) is 6.05. The largest absolute Gasteiger partial charge is 0.325 e. The van der Waals surface area contributed by atoms with Crippen LogP contribution in [0.1, 0.15) is 24.1 Å². The highest BCUT2D eigenvalue weighted by Gasteiger charge is 2.14. The van der Waals surface area contributed by atoms with E-state index in [1.807, 2.05) is 6.07 Å². The maximum absolute atomic E-state index is 11.9. The lowest BCUT2D eigenvalue weighted by molar-refractivity contribution is 0.665. The molecular formula is C11H12N4OS. The number of hydrogen-bond acceptors (Lipinski definition) is 3.